The maximum Gasteiger partial charge on any atom is 0.228 e. The molecule has 4 rings (SSSR count). The van der Waals surface area contributed by atoms with E-state index < -0.39 is 0 Å². The smallest absolute Gasteiger partial charge is 0.228 e. The van der Waals surface area contributed by atoms with Crippen LogP contribution in [0.2, 0.25) is 0 Å². The van der Waals surface area contributed by atoms with Crippen LogP contribution in [0.5, 0.6) is 0 Å². The average Bonchev–Trinajstić information content (AvgIpc) is 3.08. The Kier molecular flexibility index (Phi) is 4.65. The molecule has 1 aliphatic heterocycles. The van der Waals surface area contributed by atoms with E-state index in [2.05, 4.69) is 27.2 Å². The second kappa shape index (κ2) is 7.09. The van der Waals surface area contributed by atoms with Gasteiger partial charge in [0.15, 0.2) is 0 Å². The van der Waals surface area contributed by atoms with Crippen LogP contribution in [0.15, 0.2) is 30.6 Å². The van der Waals surface area contributed by atoms with Crippen molar-refractivity contribution < 1.29 is 4.79 Å². The number of likely N-dealkylation sites (tertiary alicyclic amines) is 1. The topological polar surface area (TPSA) is 71.0 Å². The van der Waals surface area contributed by atoms with Gasteiger partial charge in [0, 0.05) is 29.8 Å². The molecule has 0 unspecified atom stereocenters. The molecule has 26 heavy (non-hydrogen) atoms. The highest BCUT2D eigenvalue weighted by Crippen LogP contribution is 2.26. The number of nitrogens with one attached hydrogen (secondary N) is 1. The zero-order valence-corrected chi connectivity index (χ0v) is 15.7. The van der Waals surface area contributed by atoms with Crippen molar-refractivity contribution in [1.29, 1.82) is 0 Å². The maximum atomic E-state index is 12.5. The van der Waals surface area contributed by atoms with Crippen LogP contribution in [-0.4, -0.2) is 45.9 Å². The van der Waals surface area contributed by atoms with E-state index >= 15 is 0 Å². The summed E-state index contributed by atoms with van der Waals surface area (Å²) in [4.78, 5) is 29.2. The number of anilines is 1. The third-order valence-electron chi connectivity index (χ3n) is 4.79. The molecular formula is C19H21N5OS. The van der Waals surface area contributed by atoms with Gasteiger partial charge in [-0.1, -0.05) is 0 Å². The van der Waals surface area contributed by atoms with E-state index in [0.29, 0.717) is 5.82 Å². The minimum Gasteiger partial charge on any atom is -0.310 e. The number of nitrogens with zero attached hydrogens (tertiary/aromatic N) is 4. The molecule has 0 aromatic carbocycles. The normalized spacial score (nSPS) is 16.1. The van der Waals surface area contributed by atoms with Crippen LogP contribution in [0.4, 0.5) is 5.82 Å². The molecule has 3 aromatic rings. The van der Waals surface area contributed by atoms with Gasteiger partial charge in [0.2, 0.25) is 5.91 Å². The van der Waals surface area contributed by atoms with Crippen LogP contribution in [0, 0.1) is 12.8 Å². The number of carbonyl (C=O) groups is 1. The van der Waals surface area contributed by atoms with E-state index in [1.54, 1.807) is 17.5 Å². The fourth-order valence-corrected chi connectivity index (χ4v) is 3.95. The zero-order valence-electron chi connectivity index (χ0n) is 14.9. The monoisotopic (exact) mass is 367 g/mol. The Hall–Kier alpha value is -2.38. The number of amides is 1. The molecule has 1 N–H and O–H groups in total. The Morgan fingerprint density at radius 2 is 2.04 bits per heavy atom. The molecular weight excluding hydrogens is 346 g/mol. The number of thiazole rings is 1. The predicted octanol–water partition coefficient (Wildman–Crippen LogP) is 3.34. The van der Waals surface area contributed by atoms with E-state index in [-0.39, 0.29) is 11.8 Å². The first-order valence-electron chi connectivity index (χ1n) is 8.77. The lowest BCUT2D eigenvalue weighted by atomic mass is 9.96. The molecule has 0 atom stereocenters. The lowest BCUT2D eigenvalue weighted by molar-refractivity contribution is -0.121. The third-order valence-corrected chi connectivity index (χ3v) is 5.72. The van der Waals surface area contributed by atoms with Gasteiger partial charge in [-0.05, 0) is 52.0 Å². The van der Waals surface area contributed by atoms with Gasteiger partial charge in [-0.25, -0.2) is 15.0 Å². The van der Waals surface area contributed by atoms with Crippen molar-refractivity contribution in [2.45, 2.75) is 19.8 Å². The Labute approximate surface area is 156 Å². The molecule has 3 aromatic heterocycles. The first-order valence-corrected chi connectivity index (χ1v) is 9.59. The number of aryl methyl sites for hydroxylation is 1. The van der Waals surface area contributed by atoms with Gasteiger partial charge in [-0.15, -0.1) is 11.3 Å². The molecule has 0 spiro atoms. The van der Waals surface area contributed by atoms with Crippen LogP contribution in [-0.2, 0) is 4.79 Å². The first-order chi connectivity index (χ1) is 12.6. The predicted molar refractivity (Wildman–Crippen MR) is 104 cm³/mol. The van der Waals surface area contributed by atoms with Gasteiger partial charge in [0.05, 0.1) is 21.1 Å². The molecule has 4 heterocycles. The van der Waals surface area contributed by atoms with Crippen LogP contribution < -0.4 is 5.32 Å². The number of aromatic nitrogens is 3. The average molecular weight is 367 g/mol. The Morgan fingerprint density at radius 1 is 1.23 bits per heavy atom. The van der Waals surface area contributed by atoms with Gasteiger partial charge < -0.3 is 10.2 Å². The summed E-state index contributed by atoms with van der Waals surface area (Å²) in [5.74, 6) is 0.675. The number of hydrogen-bond donors (Lipinski definition) is 1. The van der Waals surface area contributed by atoms with Crippen molar-refractivity contribution in [1.82, 2.24) is 19.9 Å². The van der Waals surface area contributed by atoms with Gasteiger partial charge >= 0.3 is 0 Å². The quantitative estimate of drug-likeness (QED) is 0.769. The number of rotatable bonds is 3. The highest BCUT2D eigenvalue weighted by Gasteiger charge is 2.23. The van der Waals surface area contributed by atoms with Gasteiger partial charge in [0.25, 0.3) is 0 Å². The number of fused-ring (bicyclic) bond motifs is 1. The van der Waals surface area contributed by atoms with Crippen molar-refractivity contribution >= 4 is 34.0 Å². The molecule has 1 amide bonds. The Bertz CT molecular complexity index is 946. The van der Waals surface area contributed by atoms with E-state index in [1.807, 2.05) is 31.3 Å². The second-order valence-electron chi connectivity index (χ2n) is 6.77. The maximum absolute atomic E-state index is 12.5. The number of carbonyl (C=O) groups excluding carboxylic acids is 1. The largest absolute Gasteiger partial charge is 0.310 e. The summed E-state index contributed by atoms with van der Waals surface area (Å²) in [6, 6.07) is 5.83. The Balaban J connectivity index is 1.55. The lowest BCUT2D eigenvalue weighted by Gasteiger charge is -2.27. The number of hydrogen-bond acceptors (Lipinski definition) is 6. The molecule has 0 saturated carbocycles. The molecule has 1 aliphatic rings. The third kappa shape index (κ3) is 3.59. The molecule has 134 valence electrons. The first kappa shape index (κ1) is 17.1. The fraction of sp³-hybridized carbons (Fsp3) is 0.368. The molecule has 0 aliphatic carbocycles. The van der Waals surface area contributed by atoms with E-state index in [0.717, 1.165) is 52.4 Å². The molecule has 7 heteroatoms. The van der Waals surface area contributed by atoms with Crippen LogP contribution in [0.3, 0.4) is 0 Å². The number of pyridine rings is 2. The second-order valence-corrected chi connectivity index (χ2v) is 8.00. The summed E-state index contributed by atoms with van der Waals surface area (Å²) in [6.07, 6.45) is 5.39. The van der Waals surface area contributed by atoms with Gasteiger partial charge in [0.1, 0.15) is 5.82 Å². The van der Waals surface area contributed by atoms with E-state index in [4.69, 9.17) is 4.98 Å². The van der Waals surface area contributed by atoms with Crippen LogP contribution in [0.1, 0.15) is 17.8 Å². The molecule has 6 nitrogen and oxygen atoms in total. The molecule has 1 fully saturated rings. The van der Waals surface area contributed by atoms with E-state index in [1.165, 1.54) is 0 Å². The van der Waals surface area contributed by atoms with Crippen LogP contribution in [0.25, 0.3) is 21.5 Å². The Morgan fingerprint density at radius 3 is 2.77 bits per heavy atom. The fourth-order valence-electron chi connectivity index (χ4n) is 3.20. The van der Waals surface area contributed by atoms with Gasteiger partial charge in [-0.2, -0.15) is 0 Å². The van der Waals surface area contributed by atoms with Crippen molar-refractivity contribution in [3.8, 4) is 10.6 Å². The van der Waals surface area contributed by atoms with Crippen molar-refractivity contribution in [3.63, 3.8) is 0 Å². The van der Waals surface area contributed by atoms with E-state index in [9.17, 15) is 4.79 Å². The highest BCUT2D eigenvalue weighted by atomic mass is 32.1. The lowest BCUT2D eigenvalue weighted by Crippen LogP contribution is -2.36. The zero-order chi connectivity index (χ0) is 18.1. The summed E-state index contributed by atoms with van der Waals surface area (Å²) in [5.41, 5.74) is 1.71. The SMILES string of the molecule is Cc1ncc(-c2ccc3cnc(NC(=O)C4CCN(C)CC4)cc3n2)s1. The van der Waals surface area contributed by atoms with Crippen molar-refractivity contribution in [2.75, 3.05) is 25.5 Å². The number of piperidine rings is 1. The minimum absolute atomic E-state index is 0.0548. The summed E-state index contributed by atoms with van der Waals surface area (Å²) < 4.78 is 0. The van der Waals surface area contributed by atoms with Crippen molar-refractivity contribution in [2.24, 2.45) is 5.92 Å². The summed E-state index contributed by atoms with van der Waals surface area (Å²) >= 11 is 1.62. The molecule has 1 saturated heterocycles. The standard InChI is InChI=1S/C19H21N5OS/c1-12-20-11-17(26-12)15-4-3-14-10-21-18(9-16(14)22-15)23-19(25)13-5-7-24(2)8-6-13/h3-4,9-11,13H,5-8H2,1-2H3,(H,21,23,25). The summed E-state index contributed by atoms with van der Waals surface area (Å²) in [7, 11) is 2.09. The molecule has 0 bridgehead atoms. The van der Waals surface area contributed by atoms with Gasteiger partial charge in [-0.3, -0.25) is 4.79 Å². The van der Waals surface area contributed by atoms with Crippen LogP contribution >= 0.6 is 11.3 Å². The minimum atomic E-state index is 0.0548. The summed E-state index contributed by atoms with van der Waals surface area (Å²) in [5, 5.41) is 4.93. The summed E-state index contributed by atoms with van der Waals surface area (Å²) in [6.45, 7) is 3.90. The molecule has 0 radical (unpaired) electrons. The van der Waals surface area contributed by atoms with Crippen molar-refractivity contribution in [3.05, 3.63) is 35.6 Å². The highest BCUT2D eigenvalue weighted by molar-refractivity contribution is 7.15.